The van der Waals surface area contributed by atoms with Crippen molar-refractivity contribution in [3.05, 3.63) is 11.8 Å². The third-order valence-corrected chi connectivity index (χ3v) is 3.93. The molecule has 18 heavy (non-hydrogen) atoms. The van der Waals surface area contributed by atoms with Crippen molar-refractivity contribution in [2.24, 2.45) is 5.41 Å². The lowest BCUT2D eigenvalue weighted by molar-refractivity contribution is -0.145. The van der Waals surface area contributed by atoms with Crippen molar-refractivity contribution in [3.63, 3.8) is 0 Å². The highest BCUT2D eigenvalue weighted by Crippen LogP contribution is 2.35. The molecule has 1 fully saturated rings. The quantitative estimate of drug-likeness (QED) is 0.759. The molecule has 1 atom stereocenters. The van der Waals surface area contributed by atoms with Gasteiger partial charge in [-0.15, -0.1) is 11.8 Å². The number of hydrogen-bond acceptors (Lipinski definition) is 4. The van der Waals surface area contributed by atoms with E-state index < -0.39 is 17.4 Å². The fraction of sp³-hybridized carbons (Fsp3) is 0.667. The summed E-state index contributed by atoms with van der Waals surface area (Å²) in [6.45, 7) is 5.90. The van der Waals surface area contributed by atoms with E-state index in [2.05, 4.69) is 0 Å². The molecule has 2 aliphatic heterocycles. The zero-order valence-corrected chi connectivity index (χ0v) is 11.7. The molecule has 0 spiro atoms. The molecule has 0 radical (unpaired) electrons. The van der Waals surface area contributed by atoms with Crippen LogP contribution in [-0.4, -0.2) is 44.7 Å². The van der Waals surface area contributed by atoms with Gasteiger partial charge in [-0.2, -0.15) is 0 Å². The predicted octanol–water partition coefficient (Wildman–Crippen LogP) is 1.85. The minimum atomic E-state index is -0.782. The zero-order valence-electron chi connectivity index (χ0n) is 10.8. The standard InChI is InChI=1S/C7H9NO2S.C5H10O2/c9-7(10)5-2-4-11-6-1-3-8(5)6;1-5(2,3)4(6)7/h2,6H,1,3-4H2,(H,9,10);1-3H3,(H,6,7). The molecule has 1 saturated heterocycles. The predicted molar refractivity (Wildman–Crippen MR) is 70.4 cm³/mol. The monoisotopic (exact) mass is 273 g/mol. The SMILES string of the molecule is CC(C)(C)C(=O)O.O=C(O)C1=CCSC2CCN12. The molecular formula is C12H19NO4S. The van der Waals surface area contributed by atoms with E-state index in [-0.39, 0.29) is 0 Å². The van der Waals surface area contributed by atoms with Crippen LogP contribution in [0.4, 0.5) is 0 Å². The summed E-state index contributed by atoms with van der Waals surface area (Å²) in [5.74, 6) is -0.689. The van der Waals surface area contributed by atoms with Gasteiger partial charge < -0.3 is 15.1 Å². The third-order valence-electron chi connectivity index (χ3n) is 2.70. The number of nitrogens with zero attached hydrogens (tertiary/aromatic N) is 1. The van der Waals surface area contributed by atoms with Gasteiger partial charge >= 0.3 is 11.9 Å². The van der Waals surface area contributed by atoms with E-state index in [4.69, 9.17) is 10.2 Å². The zero-order chi connectivity index (χ0) is 13.9. The maximum atomic E-state index is 10.6. The van der Waals surface area contributed by atoms with Crippen molar-refractivity contribution >= 4 is 23.7 Å². The molecule has 0 amide bonds. The van der Waals surface area contributed by atoms with Crippen LogP contribution < -0.4 is 0 Å². The Kier molecular flexibility index (Phi) is 4.67. The van der Waals surface area contributed by atoms with Crippen molar-refractivity contribution in [2.75, 3.05) is 12.3 Å². The van der Waals surface area contributed by atoms with Crippen LogP contribution >= 0.6 is 11.8 Å². The van der Waals surface area contributed by atoms with Crippen LogP contribution in [0.2, 0.25) is 0 Å². The Balaban J connectivity index is 0.000000203. The summed E-state index contributed by atoms with van der Waals surface area (Å²) in [5.41, 5.74) is -0.0833. The molecule has 2 rings (SSSR count). The molecule has 2 N–H and O–H groups in total. The maximum Gasteiger partial charge on any atom is 0.351 e. The van der Waals surface area contributed by atoms with Crippen LogP contribution in [0.25, 0.3) is 0 Å². The molecule has 6 heteroatoms. The smallest absolute Gasteiger partial charge is 0.351 e. The summed E-state index contributed by atoms with van der Waals surface area (Å²) in [6, 6.07) is 0. The lowest BCUT2D eigenvalue weighted by Gasteiger charge is -2.44. The number of carboxylic acids is 2. The summed E-state index contributed by atoms with van der Waals surface area (Å²) < 4.78 is 0. The molecule has 0 aromatic heterocycles. The van der Waals surface area contributed by atoms with Crippen molar-refractivity contribution in [3.8, 4) is 0 Å². The summed E-state index contributed by atoms with van der Waals surface area (Å²) in [6.07, 6.45) is 2.93. The summed E-state index contributed by atoms with van der Waals surface area (Å²) in [7, 11) is 0. The molecule has 0 saturated carbocycles. The number of carbonyl (C=O) groups is 2. The van der Waals surface area contributed by atoms with Gasteiger partial charge in [0, 0.05) is 12.3 Å². The fourth-order valence-corrected chi connectivity index (χ4v) is 2.53. The van der Waals surface area contributed by atoms with Crippen molar-refractivity contribution in [1.29, 1.82) is 0 Å². The average molecular weight is 273 g/mol. The van der Waals surface area contributed by atoms with Crippen LogP contribution in [0.5, 0.6) is 0 Å². The Morgan fingerprint density at radius 3 is 2.22 bits per heavy atom. The van der Waals surface area contributed by atoms with Gasteiger partial charge in [-0.25, -0.2) is 4.79 Å². The lowest BCUT2D eigenvalue weighted by atomic mass is 9.98. The van der Waals surface area contributed by atoms with Crippen LogP contribution in [-0.2, 0) is 9.59 Å². The van der Waals surface area contributed by atoms with Crippen LogP contribution in [0, 0.1) is 5.41 Å². The Hall–Kier alpha value is -1.17. The molecular weight excluding hydrogens is 254 g/mol. The van der Waals surface area contributed by atoms with E-state index in [1.165, 1.54) is 0 Å². The first-order chi connectivity index (χ1) is 8.23. The number of aliphatic carboxylic acids is 2. The van der Waals surface area contributed by atoms with Crippen molar-refractivity contribution in [2.45, 2.75) is 32.6 Å². The highest BCUT2D eigenvalue weighted by atomic mass is 32.2. The molecule has 0 aromatic carbocycles. The highest BCUT2D eigenvalue weighted by Gasteiger charge is 2.34. The topological polar surface area (TPSA) is 77.8 Å². The Morgan fingerprint density at radius 2 is 1.94 bits per heavy atom. The minimum Gasteiger partial charge on any atom is -0.481 e. The van der Waals surface area contributed by atoms with Crippen LogP contribution in [0.1, 0.15) is 27.2 Å². The molecule has 0 aliphatic carbocycles. The van der Waals surface area contributed by atoms with Crippen LogP contribution in [0.3, 0.4) is 0 Å². The lowest BCUT2D eigenvalue weighted by Crippen LogP contribution is -2.48. The molecule has 2 aliphatic rings. The van der Waals surface area contributed by atoms with Gasteiger partial charge in [0.15, 0.2) is 0 Å². The second-order valence-corrected chi connectivity index (χ2v) is 6.43. The second-order valence-electron chi connectivity index (χ2n) is 5.22. The first kappa shape index (κ1) is 14.9. The summed E-state index contributed by atoms with van der Waals surface area (Å²) in [5, 5.41) is 17.4. The van der Waals surface area contributed by atoms with E-state index in [0.717, 1.165) is 18.7 Å². The first-order valence-electron chi connectivity index (χ1n) is 5.78. The number of hydrogen-bond donors (Lipinski definition) is 2. The van der Waals surface area contributed by atoms with Crippen molar-refractivity contribution < 1.29 is 19.8 Å². The number of fused-ring (bicyclic) bond motifs is 1. The third kappa shape index (κ3) is 3.66. The van der Waals surface area contributed by atoms with E-state index in [0.29, 0.717) is 11.1 Å². The summed E-state index contributed by atoms with van der Waals surface area (Å²) >= 11 is 1.82. The molecule has 2 heterocycles. The van der Waals surface area contributed by atoms with Gasteiger partial charge in [0.2, 0.25) is 0 Å². The number of carboxylic acid groups (broad SMARTS) is 2. The van der Waals surface area contributed by atoms with Gasteiger partial charge in [-0.3, -0.25) is 4.79 Å². The Labute approximate surface area is 111 Å². The van der Waals surface area contributed by atoms with E-state index >= 15 is 0 Å². The second kappa shape index (κ2) is 5.65. The first-order valence-corrected chi connectivity index (χ1v) is 6.83. The Morgan fingerprint density at radius 1 is 1.39 bits per heavy atom. The summed E-state index contributed by atoms with van der Waals surface area (Å²) in [4.78, 5) is 22.6. The van der Waals surface area contributed by atoms with Gasteiger partial charge in [0.05, 0.1) is 10.8 Å². The van der Waals surface area contributed by atoms with Crippen LogP contribution in [0.15, 0.2) is 11.8 Å². The largest absolute Gasteiger partial charge is 0.481 e. The van der Waals surface area contributed by atoms with Gasteiger partial charge in [0.1, 0.15) is 5.70 Å². The Bertz CT molecular complexity index is 373. The molecule has 102 valence electrons. The van der Waals surface area contributed by atoms with Crippen molar-refractivity contribution in [1.82, 2.24) is 4.90 Å². The number of rotatable bonds is 1. The fourth-order valence-electron chi connectivity index (χ4n) is 1.38. The van der Waals surface area contributed by atoms with Gasteiger partial charge in [-0.1, -0.05) is 0 Å². The van der Waals surface area contributed by atoms with Gasteiger partial charge in [-0.05, 0) is 33.3 Å². The average Bonchev–Trinajstić information content (AvgIpc) is 2.18. The minimum absolute atomic E-state index is 0.450. The highest BCUT2D eigenvalue weighted by molar-refractivity contribution is 8.00. The molecule has 0 aromatic rings. The molecule has 0 bridgehead atoms. The van der Waals surface area contributed by atoms with E-state index in [1.807, 2.05) is 16.7 Å². The number of thioether (sulfide) groups is 1. The van der Waals surface area contributed by atoms with E-state index in [1.54, 1.807) is 26.8 Å². The maximum absolute atomic E-state index is 10.6. The van der Waals surface area contributed by atoms with E-state index in [9.17, 15) is 9.59 Å². The van der Waals surface area contributed by atoms with Gasteiger partial charge in [0.25, 0.3) is 0 Å². The molecule has 5 nitrogen and oxygen atoms in total. The molecule has 1 unspecified atom stereocenters. The normalized spacial score (nSPS) is 21.8.